The van der Waals surface area contributed by atoms with Crippen molar-refractivity contribution in [1.29, 1.82) is 0 Å². The number of nitrogens with one attached hydrogen (secondary N) is 1. The zero-order chi connectivity index (χ0) is 13.2. The third-order valence-electron chi connectivity index (χ3n) is 3.49. The third-order valence-corrected chi connectivity index (χ3v) is 5.29. The summed E-state index contributed by atoms with van der Waals surface area (Å²) >= 11 is 3.23. The van der Waals surface area contributed by atoms with Crippen LogP contribution in [-0.4, -0.2) is 19.9 Å². The van der Waals surface area contributed by atoms with E-state index in [1.165, 1.54) is 19.0 Å². The molecular formula is C12H17BrN2O2S. The van der Waals surface area contributed by atoms with Crippen molar-refractivity contribution in [3.8, 4) is 0 Å². The van der Waals surface area contributed by atoms with Crippen molar-refractivity contribution in [1.82, 2.24) is 9.71 Å². The summed E-state index contributed by atoms with van der Waals surface area (Å²) < 4.78 is 27.6. The number of rotatable bonds is 4. The van der Waals surface area contributed by atoms with E-state index >= 15 is 0 Å². The predicted molar refractivity (Wildman–Crippen MR) is 73.7 cm³/mol. The number of hydrogen-bond donors (Lipinski definition) is 1. The second-order valence-electron chi connectivity index (χ2n) is 5.18. The Morgan fingerprint density at radius 1 is 1.39 bits per heavy atom. The summed E-state index contributed by atoms with van der Waals surface area (Å²) in [4.78, 5) is 4.09. The van der Waals surface area contributed by atoms with Crippen LogP contribution in [0.3, 0.4) is 0 Å². The molecule has 0 aliphatic heterocycles. The molecule has 1 heterocycles. The second kappa shape index (κ2) is 5.27. The second-order valence-corrected chi connectivity index (χ2v) is 7.86. The fraction of sp³-hybridized carbons (Fsp3) is 0.583. The lowest BCUT2D eigenvalue weighted by Crippen LogP contribution is -2.34. The molecule has 6 heteroatoms. The number of pyridine rings is 1. The van der Waals surface area contributed by atoms with Crippen LogP contribution in [0.4, 0.5) is 0 Å². The maximum Gasteiger partial charge on any atom is 0.242 e. The van der Waals surface area contributed by atoms with Crippen molar-refractivity contribution >= 4 is 26.0 Å². The number of sulfonamides is 1. The minimum Gasteiger partial charge on any atom is -0.262 e. The minimum absolute atomic E-state index is 0.104. The quantitative estimate of drug-likeness (QED) is 0.922. The van der Waals surface area contributed by atoms with Gasteiger partial charge in [0.2, 0.25) is 10.0 Å². The van der Waals surface area contributed by atoms with E-state index in [9.17, 15) is 8.42 Å². The average Bonchev–Trinajstić information content (AvgIpc) is 2.75. The highest BCUT2D eigenvalue weighted by Gasteiger charge is 2.30. The third kappa shape index (κ3) is 3.30. The molecule has 2 rings (SSSR count). The van der Waals surface area contributed by atoms with Crippen LogP contribution in [0.5, 0.6) is 0 Å². The van der Waals surface area contributed by atoms with E-state index in [1.54, 1.807) is 12.3 Å². The highest BCUT2D eigenvalue weighted by atomic mass is 79.9. The van der Waals surface area contributed by atoms with E-state index < -0.39 is 10.0 Å². The van der Waals surface area contributed by atoms with Gasteiger partial charge in [-0.2, -0.15) is 0 Å². The Bertz CT molecular complexity index is 525. The minimum atomic E-state index is -3.45. The van der Waals surface area contributed by atoms with Gasteiger partial charge in [-0.25, -0.2) is 13.1 Å². The van der Waals surface area contributed by atoms with E-state index in [0.29, 0.717) is 11.0 Å². The van der Waals surface area contributed by atoms with Gasteiger partial charge in [0.1, 0.15) is 4.90 Å². The number of halogens is 1. The molecule has 1 aromatic rings. The van der Waals surface area contributed by atoms with Crippen molar-refractivity contribution < 1.29 is 8.42 Å². The fourth-order valence-corrected chi connectivity index (χ4v) is 4.00. The van der Waals surface area contributed by atoms with Crippen molar-refractivity contribution in [2.24, 2.45) is 5.41 Å². The van der Waals surface area contributed by atoms with E-state index in [-0.39, 0.29) is 10.3 Å². The van der Waals surface area contributed by atoms with Crippen LogP contribution in [0.2, 0.25) is 0 Å². The van der Waals surface area contributed by atoms with Crippen LogP contribution < -0.4 is 4.72 Å². The largest absolute Gasteiger partial charge is 0.262 e. The van der Waals surface area contributed by atoms with Gasteiger partial charge in [-0.05, 0) is 40.3 Å². The lowest BCUT2D eigenvalue weighted by molar-refractivity contribution is 0.336. The first kappa shape index (κ1) is 14.0. The molecule has 18 heavy (non-hydrogen) atoms. The first-order valence-electron chi connectivity index (χ1n) is 6.02. The van der Waals surface area contributed by atoms with Gasteiger partial charge in [0.15, 0.2) is 0 Å². The Morgan fingerprint density at radius 3 is 2.67 bits per heavy atom. The summed E-state index contributed by atoms with van der Waals surface area (Å²) in [5, 5.41) is 0. The molecule has 1 saturated carbocycles. The van der Waals surface area contributed by atoms with Crippen LogP contribution in [0, 0.1) is 5.41 Å². The molecule has 0 unspecified atom stereocenters. The van der Waals surface area contributed by atoms with Gasteiger partial charge in [-0.1, -0.05) is 19.8 Å². The summed E-state index contributed by atoms with van der Waals surface area (Å²) in [6.07, 6.45) is 7.49. The van der Waals surface area contributed by atoms with Gasteiger partial charge in [-0.3, -0.25) is 4.98 Å². The van der Waals surface area contributed by atoms with Crippen molar-refractivity contribution in [2.75, 3.05) is 6.54 Å². The van der Waals surface area contributed by atoms with Gasteiger partial charge in [0.25, 0.3) is 0 Å². The maximum absolute atomic E-state index is 12.1. The monoisotopic (exact) mass is 332 g/mol. The Hall–Kier alpha value is -0.460. The normalized spacial score (nSPS) is 19.0. The molecule has 0 spiro atoms. The van der Waals surface area contributed by atoms with Gasteiger partial charge in [0, 0.05) is 23.4 Å². The molecule has 0 amide bonds. The van der Waals surface area contributed by atoms with Gasteiger partial charge in [-0.15, -0.1) is 0 Å². The van der Waals surface area contributed by atoms with Crippen LogP contribution in [0.1, 0.15) is 32.6 Å². The maximum atomic E-state index is 12.1. The summed E-state index contributed by atoms with van der Waals surface area (Å²) in [7, 11) is -3.45. The Balaban J connectivity index is 2.08. The highest BCUT2D eigenvalue weighted by molar-refractivity contribution is 9.10. The van der Waals surface area contributed by atoms with Crippen LogP contribution >= 0.6 is 15.9 Å². The fourth-order valence-electron chi connectivity index (χ4n) is 2.30. The molecule has 1 aliphatic carbocycles. The first-order chi connectivity index (χ1) is 8.41. The van der Waals surface area contributed by atoms with Crippen LogP contribution in [-0.2, 0) is 10.0 Å². The zero-order valence-corrected chi connectivity index (χ0v) is 12.7. The van der Waals surface area contributed by atoms with Crippen molar-refractivity contribution in [3.05, 3.63) is 22.9 Å². The molecule has 0 atom stereocenters. The van der Waals surface area contributed by atoms with Crippen LogP contribution in [0.25, 0.3) is 0 Å². The molecule has 1 aromatic heterocycles. The molecule has 4 nitrogen and oxygen atoms in total. The number of nitrogens with zero attached hydrogens (tertiary/aromatic N) is 1. The van der Waals surface area contributed by atoms with Gasteiger partial charge in [0.05, 0.1) is 0 Å². The summed E-state index contributed by atoms with van der Waals surface area (Å²) in [5.74, 6) is 0. The topological polar surface area (TPSA) is 59.1 Å². The molecule has 0 bridgehead atoms. The highest BCUT2D eigenvalue weighted by Crippen LogP contribution is 2.36. The van der Waals surface area contributed by atoms with Gasteiger partial charge >= 0.3 is 0 Å². The van der Waals surface area contributed by atoms with E-state index in [2.05, 4.69) is 32.6 Å². The lowest BCUT2D eigenvalue weighted by atomic mass is 9.89. The van der Waals surface area contributed by atoms with E-state index in [4.69, 9.17) is 0 Å². The average molecular weight is 333 g/mol. The summed E-state index contributed by atoms with van der Waals surface area (Å²) in [5.41, 5.74) is 0.104. The molecule has 0 saturated heterocycles. The molecule has 1 N–H and O–H groups in total. The summed E-state index contributed by atoms with van der Waals surface area (Å²) in [6, 6.07) is 1.56. The van der Waals surface area contributed by atoms with Crippen molar-refractivity contribution in [2.45, 2.75) is 37.5 Å². The molecule has 1 fully saturated rings. The molecular weight excluding hydrogens is 316 g/mol. The smallest absolute Gasteiger partial charge is 0.242 e. The standard InChI is InChI=1S/C12H17BrN2O2S/c1-12(4-2-3-5-12)9-15-18(16,17)11-6-10(13)7-14-8-11/h6-8,15H,2-5,9H2,1H3. The SMILES string of the molecule is CC1(CNS(=O)(=O)c2cncc(Br)c2)CCCC1. The Labute approximate surface area is 116 Å². The molecule has 1 aliphatic rings. The zero-order valence-electron chi connectivity index (χ0n) is 10.3. The Kier molecular flexibility index (Phi) is 4.08. The molecule has 0 aromatic carbocycles. The molecule has 100 valence electrons. The lowest BCUT2D eigenvalue weighted by Gasteiger charge is -2.23. The Morgan fingerprint density at radius 2 is 2.06 bits per heavy atom. The molecule has 0 radical (unpaired) electrons. The van der Waals surface area contributed by atoms with E-state index in [1.807, 2.05) is 0 Å². The summed E-state index contributed by atoms with van der Waals surface area (Å²) in [6.45, 7) is 2.64. The number of hydrogen-bond acceptors (Lipinski definition) is 3. The van der Waals surface area contributed by atoms with E-state index in [0.717, 1.165) is 12.8 Å². The van der Waals surface area contributed by atoms with Crippen LogP contribution in [0.15, 0.2) is 27.8 Å². The predicted octanol–water partition coefficient (Wildman–Crippen LogP) is 2.70. The number of aromatic nitrogens is 1. The van der Waals surface area contributed by atoms with Crippen molar-refractivity contribution in [3.63, 3.8) is 0 Å². The van der Waals surface area contributed by atoms with Gasteiger partial charge < -0.3 is 0 Å². The first-order valence-corrected chi connectivity index (χ1v) is 8.29.